The van der Waals surface area contributed by atoms with Gasteiger partial charge < -0.3 is 4.90 Å². The van der Waals surface area contributed by atoms with Crippen molar-refractivity contribution in [2.45, 2.75) is 57.9 Å². The summed E-state index contributed by atoms with van der Waals surface area (Å²) in [4.78, 5) is 2.74. The van der Waals surface area contributed by atoms with Crippen LogP contribution >= 0.6 is 0 Å². The van der Waals surface area contributed by atoms with E-state index in [4.69, 9.17) is 0 Å². The average Bonchev–Trinajstić information content (AvgIpc) is 2.98. The highest BCUT2D eigenvalue weighted by Gasteiger charge is 2.35. The second-order valence-electron chi connectivity index (χ2n) is 6.88. The van der Waals surface area contributed by atoms with E-state index in [-0.39, 0.29) is 0 Å². The van der Waals surface area contributed by atoms with E-state index in [1.807, 2.05) is 6.20 Å². The van der Waals surface area contributed by atoms with Crippen molar-refractivity contribution in [3.05, 3.63) is 18.0 Å². The zero-order valence-electron chi connectivity index (χ0n) is 11.7. The fourth-order valence-corrected chi connectivity index (χ4v) is 3.78. The normalized spacial score (nSPS) is 29.8. The molecule has 0 aromatic carbocycles. The van der Waals surface area contributed by atoms with Crippen molar-refractivity contribution in [3.8, 4) is 0 Å². The Morgan fingerprint density at radius 3 is 2.61 bits per heavy atom. The number of nitrogens with one attached hydrogen (secondary N) is 1. The Morgan fingerprint density at radius 1 is 1.28 bits per heavy atom. The van der Waals surface area contributed by atoms with E-state index in [1.165, 1.54) is 50.9 Å². The van der Waals surface area contributed by atoms with E-state index < -0.39 is 0 Å². The zero-order valence-corrected chi connectivity index (χ0v) is 11.7. The molecule has 1 aliphatic carbocycles. The molecule has 3 rings (SSSR count). The molecule has 1 N–H and O–H groups in total. The molecule has 2 heterocycles. The SMILES string of the molecule is CC1(C)CCC(N2CCC(c3ccn[nH]3)CC2)C1. The van der Waals surface area contributed by atoms with E-state index in [1.54, 1.807) is 0 Å². The number of aromatic amines is 1. The minimum absolute atomic E-state index is 0.574. The lowest BCUT2D eigenvalue weighted by Gasteiger charge is -2.36. The van der Waals surface area contributed by atoms with Gasteiger partial charge in [0.15, 0.2) is 0 Å². The first-order chi connectivity index (χ1) is 8.64. The highest BCUT2D eigenvalue weighted by molar-refractivity contribution is 5.07. The van der Waals surface area contributed by atoms with Crippen molar-refractivity contribution < 1.29 is 0 Å². The number of piperidine rings is 1. The standard InChI is InChI=1S/C15H25N3/c1-15(2)7-3-13(11-15)18-9-5-12(6-10-18)14-4-8-16-17-14/h4,8,12-13H,3,5-7,9-11H2,1-2H3,(H,16,17). The summed E-state index contributed by atoms with van der Waals surface area (Å²) < 4.78 is 0. The Morgan fingerprint density at radius 2 is 2.06 bits per heavy atom. The number of rotatable bonds is 2. The van der Waals surface area contributed by atoms with Crippen molar-refractivity contribution >= 4 is 0 Å². The van der Waals surface area contributed by atoms with Gasteiger partial charge in [0.1, 0.15) is 0 Å². The molecule has 0 radical (unpaired) electrons. The third-order valence-electron chi connectivity index (χ3n) is 4.95. The summed E-state index contributed by atoms with van der Waals surface area (Å²) in [5.74, 6) is 0.707. The molecule has 1 unspecified atom stereocenters. The van der Waals surface area contributed by atoms with E-state index in [2.05, 4.69) is 35.0 Å². The predicted octanol–water partition coefficient (Wildman–Crippen LogP) is 3.17. The summed E-state index contributed by atoms with van der Waals surface area (Å²) in [5.41, 5.74) is 1.91. The molecular weight excluding hydrogens is 222 g/mol. The second-order valence-corrected chi connectivity index (χ2v) is 6.88. The fraction of sp³-hybridized carbons (Fsp3) is 0.800. The van der Waals surface area contributed by atoms with Crippen molar-refractivity contribution in [1.82, 2.24) is 15.1 Å². The smallest absolute Gasteiger partial charge is 0.0490 e. The van der Waals surface area contributed by atoms with Gasteiger partial charge in [-0.1, -0.05) is 13.8 Å². The van der Waals surface area contributed by atoms with E-state index in [0.717, 1.165) is 6.04 Å². The molecule has 1 aliphatic heterocycles. The van der Waals surface area contributed by atoms with Crippen LogP contribution in [0, 0.1) is 5.41 Å². The van der Waals surface area contributed by atoms with Crippen LogP contribution < -0.4 is 0 Å². The molecule has 0 bridgehead atoms. The first kappa shape index (κ1) is 12.2. The number of hydrogen-bond donors (Lipinski definition) is 1. The third kappa shape index (κ3) is 2.46. The van der Waals surface area contributed by atoms with E-state index in [9.17, 15) is 0 Å². The monoisotopic (exact) mass is 247 g/mol. The molecule has 2 fully saturated rings. The van der Waals surface area contributed by atoms with Gasteiger partial charge in [0, 0.05) is 23.9 Å². The highest BCUT2D eigenvalue weighted by atomic mass is 15.2. The van der Waals surface area contributed by atoms with Gasteiger partial charge in [0.25, 0.3) is 0 Å². The molecule has 1 saturated carbocycles. The van der Waals surface area contributed by atoms with Crippen LogP contribution in [0.4, 0.5) is 0 Å². The maximum Gasteiger partial charge on any atom is 0.0490 e. The lowest BCUT2D eigenvalue weighted by atomic mass is 9.90. The van der Waals surface area contributed by atoms with Crippen molar-refractivity contribution in [2.24, 2.45) is 5.41 Å². The minimum Gasteiger partial charge on any atom is -0.300 e. The third-order valence-corrected chi connectivity index (χ3v) is 4.95. The average molecular weight is 247 g/mol. The molecule has 1 aromatic rings. The van der Waals surface area contributed by atoms with Crippen LogP contribution in [0.15, 0.2) is 12.3 Å². The fourth-order valence-electron chi connectivity index (χ4n) is 3.78. The molecule has 3 heteroatoms. The zero-order chi connectivity index (χ0) is 12.6. The van der Waals surface area contributed by atoms with E-state index in [0.29, 0.717) is 11.3 Å². The lowest BCUT2D eigenvalue weighted by Crippen LogP contribution is -2.40. The molecule has 18 heavy (non-hydrogen) atoms. The first-order valence-corrected chi connectivity index (χ1v) is 7.37. The molecular formula is C15H25N3. The Kier molecular flexibility index (Phi) is 3.18. The van der Waals surface area contributed by atoms with Gasteiger partial charge in [-0.25, -0.2) is 0 Å². The summed E-state index contributed by atoms with van der Waals surface area (Å²) in [6.07, 6.45) is 8.65. The van der Waals surface area contributed by atoms with Crippen LogP contribution in [0.25, 0.3) is 0 Å². The molecule has 0 spiro atoms. The lowest BCUT2D eigenvalue weighted by molar-refractivity contribution is 0.145. The van der Waals surface area contributed by atoms with Gasteiger partial charge in [-0.3, -0.25) is 5.10 Å². The second kappa shape index (κ2) is 4.69. The summed E-state index contributed by atoms with van der Waals surface area (Å²) in [5, 5.41) is 7.21. The maximum absolute atomic E-state index is 4.07. The van der Waals surface area contributed by atoms with Crippen LogP contribution in [0.3, 0.4) is 0 Å². The van der Waals surface area contributed by atoms with Gasteiger partial charge in [0.05, 0.1) is 0 Å². The van der Waals surface area contributed by atoms with Gasteiger partial charge >= 0.3 is 0 Å². The summed E-state index contributed by atoms with van der Waals surface area (Å²) in [7, 11) is 0. The molecule has 1 saturated heterocycles. The largest absolute Gasteiger partial charge is 0.300 e. The topological polar surface area (TPSA) is 31.9 Å². The molecule has 1 aromatic heterocycles. The summed E-state index contributed by atoms with van der Waals surface area (Å²) in [6.45, 7) is 7.38. The minimum atomic E-state index is 0.574. The molecule has 0 amide bonds. The van der Waals surface area contributed by atoms with Crippen LogP contribution in [0.1, 0.15) is 57.6 Å². The van der Waals surface area contributed by atoms with Crippen LogP contribution in [-0.4, -0.2) is 34.2 Å². The highest BCUT2D eigenvalue weighted by Crippen LogP contribution is 2.40. The number of nitrogens with zero attached hydrogens (tertiary/aromatic N) is 2. The van der Waals surface area contributed by atoms with Crippen molar-refractivity contribution in [3.63, 3.8) is 0 Å². The molecule has 3 nitrogen and oxygen atoms in total. The Balaban J connectivity index is 1.54. The number of likely N-dealkylation sites (tertiary alicyclic amines) is 1. The summed E-state index contributed by atoms with van der Waals surface area (Å²) in [6, 6.07) is 2.99. The number of H-pyrrole nitrogens is 1. The van der Waals surface area contributed by atoms with Gasteiger partial charge in [-0.15, -0.1) is 0 Å². The van der Waals surface area contributed by atoms with Crippen LogP contribution in [0.2, 0.25) is 0 Å². The predicted molar refractivity (Wildman–Crippen MR) is 73.6 cm³/mol. The van der Waals surface area contributed by atoms with Crippen molar-refractivity contribution in [2.75, 3.05) is 13.1 Å². The Bertz CT molecular complexity index is 374. The number of aromatic nitrogens is 2. The Hall–Kier alpha value is -0.830. The molecule has 2 aliphatic rings. The van der Waals surface area contributed by atoms with Gasteiger partial charge in [-0.05, 0) is 56.7 Å². The first-order valence-electron chi connectivity index (χ1n) is 7.37. The number of hydrogen-bond acceptors (Lipinski definition) is 2. The van der Waals surface area contributed by atoms with Gasteiger partial charge in [0.2, 0.25) is 0 Å². The maximum atomic E-state index is 4.07. The molecule has 100 valence electrons. The molecule has 1 atom stereocenters. The van der Waals surface area contributed by atoms with Crippen LogP contribution in [0.5, 0.6) is 0 Å². The van der Waals surface area contributed by atoms with Crippen LogP contribution in [-0.2, 0) is 0 Å². The van der Waals surface area contributed by atoms with E-state index >= 15 is 0 Å². The van der Waals surface area contributed by atoms with Crippen molar-refractivity contribution in [1.29, 1.82) is 0 Å². The summed E-state index contributed by atoms with van der Waals surface area (Å²) >= 11 is 0. The quantitative estimate of drug-likeness (QED) is 0.870. The Labute approximate surface area is 110 Å². The van der Waals surface area contributed by atoms with Gasteiger partial charge in [-0.2, -0.15) is 5.10 Å².